The van der Waals surface area contributed by atoms with Crippen molar-refractivity contribution in [3.63, 3.8) is 0 Å². The van der Waals surface area contributed by atoms with Crippen molar-refractivity contribution in [3.8, 4) is 17.6 Å². The smallest absolute Gasteiger partial charge is 0.335 e. The maximum atomic E-state index is 12.4. The van der Waals surface area contributed by atoms with Gasteiger partial charge in [-0.05, 0) is 50.1 Å². The van der Waals surface area contributed by atoms with Crippen molar-refractivity contribution in [1.29, 1.82) is 5.26 Å². The van der Waals surface area contributed by atoms with E-state index in [0.717, 1.165) is 21.9 Å². The van der Waals surface area contributed by atoms with E-state index in [1.165, 1.54) is 7.11 Å². The number of aryl methyl sites for hydroxylation is 3. The predicted molar refractivity (Wildman–Crippen MR) is 119 cm³/mol. The van der Waals surface area contributed by atoms with E-state index in [9.17, 15) is 20.0 Å². The number of nitrogens with zero attached hydrogens (tertiary/aromatic N) is 4. The van der Waals surface area contributed by atoms with Gasteiger partial charge in [0.05, 0.1) is 18.5 Å². The fourth-order valence-corrected chi connectivity index (χ4v) is 3.13. The van der Waals surface area contributed by atoms with Gasteiger partial charge in [0, 0.05) is 18.4 Å². The number of aromatic nitrogens is 3. The van der Waals surface area contributed by atoms with Crippen LogP contribution in [0.5, 0.6) is 5.88 Å². The highest BCUT2D eigenvalue weighted by atomic mass is 16.5. The molecule has 2 heterocycles. The van der Waals surface area contributed by atoms with Gasteiger partial charge in [-0.1, -0.05) is 6.07 Å². The monoisotopic (exact) mass is 434 g/mol. The van der Waals surface area contributed by atoms with Gasteiger partial charge in [-0.2, -0.15) is 10.4 Å². The van der Waals surface area contributed by atoms with Crippen molar-refractivity contribution in [2.75, 3.05) is 12.5 Å². The summed E-state index contributed by atoms with van der Waals surface area (Å²) >= 11 is 0. The second kappa shape index (κ2) is 9.28. The third-order valence-electron chi connectivity index (χ3n) is 4.87. The number of nitrogens with one attached hydrogen (secondary N) is 2. The molecule has 0 saturated heterocycles. The maximum absolute atomic E-state index is 12.4. The molecule has 10 nitrogen and oxygen atoms in total. The molecule has 3 N–H and O–H groups in total. The highest BCUT2D eigenvalue weighted by Gasteiger charge is 2.15. The van der Waals surface area contributed by atoms with E-state index in [1.807, 2.05) is 13.8 Å². The molecule has 0 spiro atoms. The van der Waals surface area contributed by atoms with E-state index in [4.69, 9.17) is 4.74 Å². The summed E-state index contributed by atoms with van der Waals surface area (Å²) in [7, 11) is 1.52. The number of anilines is 1. The van der Waals surface area contributed by atoms with E-state index < -0.39 is 17.1 Å². The molecule has 0 fully saturated rings. The van der Waals surface area contributed by atoms with Crippen LogP contribution in [0.4, 0.5) is 5.82 Å². The fraction of sp³-hybridized carbons (Fsp3) is 0.227. The van der Waals surface area contributed by atoms with Crippen molar-refractivity contribution in [3.05, 3.63) is 78.6 Å². The largest absolute Gasteiger partial charge is 0.493 e. The van der Waals surface area contributed by atoms with E-state index in [0.29, 0.717) is 16.9 Å². The predicted octanol–water partition coefficient (Wildman–Crippen LogP) is 2.02. The zero-order chi connectivity index (χ0) is 23.4. The summed E-state index contributed by atoms with van der Waals surface area (Å²) in [5, 5.41) is 24.1. The molecule has 32 heavy (non-hydrogen) atoms. The molecule has 0 amide bonds. The summed E-state index contributed by atoms with van der Waals surface area (Å²) in [6, 6.07) is 8.97. The number of aromatic amines is 1. The molecular weight excluding hydrogens is 412 g/mol. The summed E-state index contributed by atoms with van der Waals surface area (Å²) in [5.74, 6) is -0.389. The van der Waals surface area contributed by atoms with Gasteiger partial charge in [-0.25, -0.2) is 14.3 Å². The average molecular weight is 434 g/mol. The quantitative estimate of drug-likeness (QED) is 0.397. The molecule has 164 valence electrons. The van der Waals surface area contributed by atoms with Crippen LogP contribution in [0.15, 0.2) is 39.0 Å². The number of hydrogen-bond acceptors (Lipinski definition) is 8. The van der Waals surface area contributed by atoms with Crippen molar-refractivity contribution < 1.29 is 9.84 Å². The molecule has 0 aliphatic heterocycles. The first kappa shape index (κ1) is 22.5. The van der Waals surface area contributed by atoms with Crippen LogP contribution in [-0.2, 0) is 11.3 Å². The topological polar surface area (TPSA) is 145 Å². The van der Waals surface area contributed by atoms with E-state index in [1.54, 1.807) is 31.2 Å². The van der Waals surface area contributed by atoms with Gasteiger partial charge in [0.15, 0.2) is 5.82 Å². The second-order valence-corrected chi connectivity index (χ2v) is 7.16. The lowest BCUT2D eigenvalue weighted by atomic mass is 10.1. The number of methoxy groups -OCH3 is 1. The van der Waals surface area contributed by atoms with Crippen LogP contribution in [-0.4, -0.2) is 33.0 Å². The minimum atomic E-state index is -0.809. The molecule has 0 unspecified atom stereocenters. The van der Waals surface area contributed by atoms with Crippen molar-refractivity contribution in [2.45, 2.75) is 27.4 Å². The van der Waals surface area contributed by atoms with Gasteiger partial charge >= 0.3 is 5.69 Å². The Morgan fingerprint density at radius 3 is 2.69 bits per heavy atom. The summed E-state index contributed by atoms with van der Waals surface area (Å²) in [6.07, 6.45) is 1.06. The van der Waals surface area contributed by atoms with E-state index in [2.05, 4.69) is 26.6 Å². The van der Waals surface area contributed by atoms with Crippen LogP contribution in [0.1, 0.15) is 33.5 Å². The number of nitriles is 1. The van der Waals surface area contributed by atoms with Gasteiger partial charge < -0.3 is 9.84 Å². The molecule has 0 bridgehead atoms. The van der Waals surface area contributed by atoms with Crippen LogP contribution in [0.2, 0.25) is 0 Å². The zero-order valence-electron chi connectivity index (χ0n) is 18.1. The van der Waals surface area contributed by atoms with Gasteiger partial charge in [0.1, 0.15) is 17.2 Å². The van der Waals surface area contributed by atoms with E-state index in [-0.39, 0.29) is 23.6 Å². The first-order valence-corrected chi connectivity index (χ1v) is 9.61. The van der Waals surface area contributed by atoms with Crippen LogP contribution in [0.3, 0.4) is 0 Å². The second-order valence-electron chi connectivity index (χ2n) is 7.16. The Morgan fingerprint density at radius 2 is 2.03 bits per heavy atom. The number of H-pyrrole nitrogens is 1. The summed E-state index contributed by atoms with van der Waals surface area (Å²) < 4.78 is 6.10. The van der Waals surface area contributed by atoms with Crippen LogP contribution >= 0.6 is 0 Å². The molecular formula is C22H22N6O4. The molecule has 0 aliphatic rings. The Labute approximate surface area is 183 Å². The SMILES string of the molecule is COCc1cc(C)nc(N/N=C/c2c(O)n(-c3ccc(C)c(C)c3)c(=O)[nH]c2=O)c1C#N. The zero-order valence-corrected chi connectivity index (χ0v) is 18.1. The average Bonchev–Trinajstić information content (AvgIpc) is 2.73. The van der Waals surface area contributed by atoms with E-state index >= 15 is 0 Å². The molecule has 2 aromatic heterocycles. The summed E-state index contributed by atoms with van der Waals surface area (Å²) in [5.41, 5.74) is 4.63. The lowest BCUT2D eigenvalue weighted by Gasteiger charge is -2.11. The normalized spacial score (nSPS) is 11.0. The van der Waals surface area contributed by atoms with Crippen molar-refractivity contribution in [2.24, 2.45) is 5.10 Å². The van der Waals surface area contributed by atoms with Crippen LogP contribution < -0.4 is 16.7 Å². The minimum absolute atomic E-state index is 0.175. The molecule has 3 aromatic rings. The maximum Gasteiger partial charge on any atom is 0.335 e. The Kier molecular flexibility index (Phi) is 6.51. The van der Waals surface area contributed by atoms with Crippen LogP contribution in [0.25, 0.3) is 5.69 Å². The molecule has 1 aromatic carbocycles. The number of hydrogen-bond donors (Lipinski definition) is 3. The minimum Gasteiger partial charge on any atom is -0.493 e. The first-order chi connectivity index (χ1) is 15.3. The van der Waals surface area contributed by atoms with Gasteiger partial charge in [-0.3, -0.25) is 15.2 Å². The Morgan fingerprint density at radius 1 is 1.28 bits per heavy atom. The lowest BCUT2D eigenvalue weighted by Crippen LogP contribution is -2.31. The lowest BCUT2D eigenvalue weighted by molar-refractivity contribution is 0.184. The Hall–Kier alpha value is -4.23. The third-order valence-corrected chi connectivity index (χ3v) is 4.87. The highest BCUT2D eigenvalue weighted by Crippen LogP contribution is 2.20. The molecule has 3 rings (SSSR count). The summed E-state index contributed by atoms with van der Waals surface area (Å²) in [6.45, 7) is 5.76. The summed E-state index contributed by atoms with van der Waals surface area (Å²) in [4.78, 5) is 31.1. The Balaban J connectivity index is 2.02. The van der Waals surface area contributed by atoms with Crippen molar-refractivity contribution >= 4 is 12.0 Å². The molecule has 0 aliphatic carbocycles. The fourth-order valence-electron chi connectivity index (χ4n) is 3.13. The number of rotatable bonds is 6. The molecule has 0 atom stereocenters. The van der Waals surface area contributed by atoms with Crippen molar-refractivity contribution in [1.82, 2.24) is 14.5 Å². The molecule has 0 radical (unpaired) electrons. The van der Waals surface area contributed by atoms with Crippen LogP contribution in [0, 0.1) is 32.1 Å². The van der Waals surface area contributed by atoms with Gasteiger partial charge in [0.25, 0.3) is 5.56 Å². The van der Waals surface area contributed by atoms with Gasteiger partial charge in [0.2, 0.25) is 5.88 Å². The first-order valence-electron chi connectivity index (χ1n) is 9.61. The number of hydrazone groups is 1. The molecule has 10 heteroatoms. The highest BCUT2D eigenvalue weighted by molar-refractivity contribution is 5.82. The number of ether oxygens (including phenoxy) is 1. The number of benzene rings is 1. The molecule has 0 saturated carbocycles. The van der Waals surface area contributed by atoms with Gasteiger partial charge in [-0.15, -0.1) is 0 Å². The Bertz CT molecular complexity index is 1360. The third kappa shape index (κ3) is 4.43. The standard InChI is InChI=1S/C22H22N6O4/c1-12-5-6-16(7-13(12)2)28-21(30)18(20(29)26-22(28)31)10-24-27-19-17(9-23)15(11-32-4)8-14(3)25-19/h5-8,10,30H,11H2,1-4H3,(H,25,27)(H,26,29,31)/b24-10+. The number of aromatic hydroxyl groups is 1. The number of pyridine rings is 1.